The summed E-state index contributed by atoms with van der Waals surface area (Å²) in [7, 11) is 1.58. The number of ketones is 1. The van der Waals surface area contributed by atoms with E-state index in [1.165, 1.54) is 0 Å². The molecule has 0 aliphatic heterocycles. The summed E-state index contributed by atoms with van der Waals surface area (Å²) in [5.74, 6) is 0.469. The number of methoxy groups -OCH3 is 1. The number of ether oxygens (including phenoxy) is 1. The van der Waals surface area contributed by atoms with Crippen LogP contribution in [0.15, 0.2) is 66.7 Å². The number of hydrogen-bond acceptors (Lipinski definition) is 4. The number of hydrogen-bond donors (Lipinski definition) is 0. The Bertz CT molecular complexity index is 1350. The molecule has 3 aromatic carbocycles. The third-order valence-electron chi connectivity index (χ3n) is 5.73. The Balaban J connectivity index is 1.72. The molecule has 0 radical (unpaired) electrons. The third-order valence-corrected chi connectivity index (χ3v) is 5.98. The first kappa shape index (κ1) is 22.5. The van der Waals surface area contributed by atoms with Gasteiger partial charge in [-0.15, -0.1) is 0 Å². The van der Waals surface area contributed by atoms with E-state index in [1.54, 1.807) is 66.3 Å². The van der Waals surface area contributed by atoms with Gasteiger partial charge >= 0.3 is 0 Å². The molecule has 0 saturated carbocycles. The van der Waals surface area contributed by atoms with Crippen LogP contribution in [0.2, 0.25) is 5.02 Å². The Kier molecular flexibility index (Phi) is 6.43. The second-order valence-corrected chi connectivity index (χ2v) is 8.28. The molecular formula is C27H22ClNO4. The Morgan fingerprint density at radius 3 is 2.30 bits per heavy atom. The number of nitrogens with zero attached hydrogens (tertiary/aromatic N) is 1. The predicted molar refractivity (Wildman–Crippen MR) is 129 cm³/mol. The minimum atomic E-state index is -0.192. The van der Waals surface area contributed by atoms with Crippen LogP contribution in [-0.4, -0.2) is 29.7 Å². The minimum Gasteiger partial charge on any atom is -0.497 e. The van der Waals surface area contributed by atoms with Crippen molar-refractivity contribution >= 4 is 40.5 Å². The first-order valence-corrected chi connectivity index (χ1v) is 10.8. The summed E-state index contributed by atoms with van der Waals surface area (Å²) in [5, 5.41) is 1.36. The smallest absolute Gasteiger partial charge is 0.262 e. The van der Waals surface area contributed by atoms with Crippen LogP contribution >= 0.6 is 11.6 Å². The molecular weight excluding hydrogens is 438 g/mol. The lowest BCUT2D eigenvalue weighted by Gasteiger charge is -2.08. The van der Waals surface area contributed by atoms with Crippen molar-refractivity contribution in [2.45, 2.75) is 19.8 Å². The molecule has 1 heterocycles. The number of fused-ring (bicyclic) bond motifs is 1. The molecule has 4 rings (SSSR count). The highest BCUT2D eigenvalue weighted by atomic mass is 35.5. The molecule has 0 N–H and O–H groups in total. The summed E-state index contributed by atoms with van der Waals surface area (Å²) in [6.07, 6.45) is 1.18. The average Bonchev–Trinajstić information content (AvgIpc) is 3.10. The number of aldehydes is 1. The highest BCUT2D eigenvalue weighted by Crippen LogP contribution is 2.31. The maximum absolute atomic E-state index is 13.4. The lowest BCUT2D eigenvalue weighted by Crippen LogP contribution is -2.14. The van der Waals surface area contributed by atoms with Gasteiger partial charge in [0, 0.05) is 40.1 Å². The van der Waals surface area contributed by atoms with E-state index in [0.29, 0.717) is 33.1 Å². The lowest BCUT2D eigenvalue weighted by atomic mass is 10.00. The van der Waals surface area contributed by atoms with Gasteiger partial charge in [0.05, 0.1) is 12.6 Å². The van der Waals surface area contributed by atoms with Crippen LogP contribution in [0.5, 0.6) is 5.75 Å². The number of Topliss-reactive ketones (excluding diaryl/α,β-unsaturated/α-hetero) is 1. The summed E-state index contributed by atoms with van der Waals surface area (Å²) < 4.78 is 7.02. The molecule has 0 fully saturated rings. The molecule has 33 heavy (non-hydrogen) atoms. The number of carbonyl (C=O) groups is 3. The molecule has 6 heteroatoms. The molecule has 1 aromatic heterocycles. The van der Waals surface area contributed by atoms with Crippen molar-refractivity contribution in [3.8, 4) is 5.75 Å². The van der Waals surface area contributed by atoms with Gasteiger partial charge in [-0.3, -0.25) is 19.0 Å². The molecule has 4 aromatic rings. The number of benzene rings is 3. The van der Waals surface area contributed by atoms with Gasteiger partial charge in [0.15, 0.2) is 0 Å². The van der Waals surface area contributed by atoms with Crippen molar-refractivity contribution in [2.75, 3.05) is 7.11 Å². The number of carbonyl (C=O) groups excluding carboxylic acids is 3. The van der Waals surface area contributed by atoms with E-state index in [9.17, 15) is 14.4 Å². The monoisotopic (exact) mass is 459 g/mol. The van der Waals surface area contributed by atoms with Crippen LogP contribution in [0.4, 0.5) is 0 Å². The molecule has 0 aliphatic carbocycles. The van der Waals surface area contributed by atoms with Gasteiger partial charge in [0.1, 0.15) is 17.8 Å². The van der Waals surface area contributed by atoms with E-state index in [0.717, 1.165) is 22.8 Å². The van der Waals surface area contributed by atoms with Crippen LogP contribution in [0, 0.1) is 6.92 Å². The van der Waals surface area contributed by atoms with E-state index in [4.69, 9.17) is 16.3 Å². The van der Waals surface area contributed by atoms with Gasteiger partial charge in [-0.2, -0.15) is 0 Å². The number of halogens is 1. The maximum Gasteiger partial charge on any atom is 0.262 e. The zero-order chi connectivity index (χ0) is 23.5. The van der Waals surface area contributed by atoms with Gasteiger partial charge in [0.25, 0.3) is 5.91 Å². The van der Waals surface area contributed by atoms with Crippen LogP contribution in [0.25, 0.3) is 10.9 Å². The molecule has 0 spiro atoms. The van der Waals surface area contributed by atoms with Crippen LogP contribution < -0.4 is 4.74 Å². The van der Waals surface area contributed by atoms with E-state index < -0.39 is 0 Å². The molecule has 0 atom stereocenters. The zero-order valence-corrected chi connectivity index (χ0v) is 19.1. The molecule has 0 unspecified atom stereocenters. The summed E-state index contributed by atoms with van der Waals surface area (Å²) in [6, 6.07) is 19.2. The van der Waals surface area contributed by atoms with Crippen molar-refractivity contribution in [1.82, 2.24) is 4.57 Å². The minimum absolute atomic E-state index is 0.0118. The second-order valence-electron chi connectivity index (χ2n) is 7.85. The Labute approximate surface area is 196 Å². The predicted octanol–water partition coefficient (Wildman–Crippen LogP) is 5.47. The lowest BCUT2D eigenvalue weighted by molar-refractivity contribution is -0.117. The molecule has 166 valence electrons. The van der Waals surface area contributed by atoms with Gasteiger partial charge in [-0.05, 0) is 60.5 Å². The van der Waals surface area contributed by atoms with E-state index in [2.05, 4.69) is 0 Å². The summed E-state index contributed by atoms with van der Waals surface area (Å²) in [5.41, 5.74) is 4.12. The SMILES string of the molecule is COc1ccc2c(c1)c(CC(=O)Cc1ccc(C=O)cc1)c(C)n2C(=O)c1ccc(Cl)cc1. The highest BCUT2D eigenvalue weighted by molar-refractivity contribution is 6.30. The van der Waals surface area contributed by atoms with Crippen molar-refractivity contribution < 1.29 is 19.1 Å². The number of rotatable bonds is 7. The van der Waals surface area contributed by atoms with Crippen LogP contribution in [0.1, 0.15) is 37.5 Å². The summed E-state index contributed by atoms with van der Waals surface area (Å²) >= 11 is 5.98. The van der Waals surface area contributed by atoms with Crippen molar-refractivity contribution in [3.63, 3.8) is 0 Å². The van der Waals surface area contributed by atoms with E-state index in [-0.39, 0.29) is 24.5 Å². The van der Waals surface area contributed by atoms with Gasteiger partial charge in [-0.1, -0.05) is 35.9 Å². The quantitative estimate of drug-likeness (QED) is 0.344. The summed E-state index contributed by atoms with van der Waals surface area (Å²) in [6.45, 7) is 1.85. The fourth-order valence-electron chi connectivity index (χ4n) is 4.00. The van der Waals surface area contributed by atoms with Crippen molar-refractivity contribution in [3.05, 3.63) is 99.7 Å². The second kappa shape index (κ2) is 9.43. The normalized spacial score (nSPS) is 10.9. The molecule has 0 amide bonds. The third kappa shape index (κ3) is 4.59. The molecule has 5 nitrogen and oxygen atoms in total. The van der Waals surface area contributed by atoms with Crippen molar-refractivity contribution in [1.29, 1.82) is 0 Å². The highest BCUT2D eigenvalue weighted by Gasteiger charge is 2.22. The maximum atomic E-state index is 13.4. The standard InChI is InChI=1S/C27H22ClNO4/c1-17-24(14-22(31)13-18-3-5-19(16-30)6-4-18)25-15-23(33-2)11-12-26(25)29(17)27(32)20-7-9-21(28)10-8-20/h3-12,15-16H,13-14H2,1-2H3. The Morgan fingerprint density at radius 2 is 1.67 bits per heavy atom. The van der Waals surface area contributed by atoms with Gasteiger partial charge in [-0.25, -0.2) is 0 Å². The van der Waals surface area contributed by atoms with Crippen LogP contribution in [-0.2, 0) is 17.6 Å². The Hall–Kier alpha value is -3.70. The van der Waals surface area contributed by atoms with Crippen molar-refractivity contribution in [2.24, 2.45) is 0 Å². The largest absolute Gasteiger partial charge is 0.497 e. The first-order chi connectivity index (χ1) is 15.9. The fraction of sp³-hybridized carbons (Fsp3) is 0.148. The Morgan fingerprint density at radius 1 is 0.970 bits per heavy atom. The zero-order valence-electron chi connectivity index (χ0n) is 18.3. The molecule has 0 saturated heterocycles. The van der Waals surface area contributed by atoms with E-state index >= 15 is 0 Å². The average molecular weight is 460 g/mol. The van der Waals surface area contributed by atoms with Gasteiger partial charge in [0.2, 0.25) is 0 Å². The van der Waals surface area contributed by atoms with Crippen LogP contribution in [0.3, 0.4) is 0 Å². The first-order valence-electron chi connectivity index (χ1n) is 10.4. The molecule has 0 bridgehead atoms. The van der Waals surface area contributed by atoms with E-state index in [1.807, 2.05) is 19.1 Å². The number of aromatic nitrogens is 1. The molecule has 0 aliphatic rings. The topological polar surface area (TPSA) is 65.4 Å². The van der Waals surface area contributed by atoms with Gasteiger partial charge < -0.3 is 4.74 Å². The summed E-state index contributed by atoms with van der Waals surface area (Å²) in [4.78, 5) is 37.2. The fourth-order valence-corrected chi connectivity index (χ4v) is 4.12.